The zero-order chi connectivity index (χ0) is 13.1. The topological polar surface area (TPSA) is 38.2 Å². The number of hydrogen-bond acceptors (Lipinski definition) is 4. The Labute approximate surface area is 109 Å². The lowest BCUT2D eigenvalue weighted by Crippen LogP contribution is -2.42. The van der Waals surface area contributed by atoms with Crippen LogP contribution in [0.2, 0.25) is 0 Å². The van der Waals surface area contributed by atoms with Gasteiger partial charge in [0, 0.05) is 18.7 Å². The van der Waals surface area contributed by atoms with Crippen LogP contribution in [0.3, 0.4) is 0 Å². The van der Waals surface area contributed by atoms with Gasteiger partial charge in [0.1, 0.15) is 0 Å². The molecule has 2 rings (SSSR count). The molecule has 2 heterocycles. The molecule has 1 aliphatic rings. The summed E-state index contributed by atoms with van der Waals surface area (Å²) in [4.78, 5) is 2.53. The number of rotatable bonds is 3. The molecule has 1 aliphatic heterocycles. The third kappa shape index (κ3) is 2.80. The standard InChI is InChI=1S/C14H23N3O/c1-10(2)17-9-11(3)5-7-13(17)12-6-8-14(18-4)16-15-12/h6,8,10-11,13H,5,7,9H2,1-4H3/t11-,13-/m0/s1. The predicted octanol–water partition coefficient (Wildman–Crippen LogP) is 2.67. The lowest BCUT2D eigenvalue weighted by atomic mass is 9.91. The lowest BCUT2D eigenvalue weighted by molar-refractivity contribution is 0.0787. The van der Waals surface area contributed by atoms with Crippen LogP contribution in [0.15, 0.2) is 12.1 Å². The van der Waals surface area contributed by atoms with Crippen molar-refractivity contribution in [2.75, 3.05) is 13.7 Å². The summed E-state index contributed by atoms with van der Waals surface area (Å²) in [5, 5.41) is 8.40. The van der Waals surface area contributed by atoms with Crippen LogP contribution in [0.4, 0.5) is 0 Å². The molecule has 18 heavy (non-hydrogen) atoms. The second kappa shape index (κ2) is 5.65. The van der Waals surface area contributed by atoms with Crippen molar-refractivity contribution in [3.8, 4) is 5.88 Å². The molecule has 0 aliphatic carbocycles. The van der Waals surface area contributed by atoms with E-state index in [1.807, 2.05) is 12.1 Å². The van der Waals surface area contributed by atoms with Crippen molar-refractivity contribution in [3.05, 3.63) is 17.8 Å². The van der Waals surface area contributed by atoms with Crippen LogP contribution in [0.1, 0.15) is 45.3 Å². The van der Waals surface area contributed by atoms with Gasteiger partial charge in [0.25, 0.3) is 0 Å². The minimum absolute atomic E-state index is 0.402. The first-order valence-corrected chi connectivity index (χ1v) is 6.75. The first-order chi connectivity index (χ1) is 8.61. The fraction of sp³-hybridized carbons (Fsp3) is 0.714. The predicted molar refractivity (Wildman–Crippen MR) is 71.6 cm³/mol. The molecule has 1 saturated heterocycles. The molecule has 0 spiro atoms. The minimum atomic E-state index is 0.402. The molecule has 1 aromatic rings. The number of nitrogens with zero attached hydrogens (tertiary/aromatic N) is 3. The van der Waals surface area contributed by atoms with Gasteiger partial charge in [-0.25, -0.2) is 0 Å². The molecule has 1 fully saturated rings. The van der Waals surface area contributed by atoms with E-state index in [2.05, 4.69) is 35.9 Å². The van der Waals surface area contributed by atoms with Gasteiger partial charge in [-0.2, -0.15) is 5.10 Å². The summed E-state index contributed by atoms with van der Waals surface area (Å²) in [6.45, 7) is 7.98. The van der Waals surface area contributed by atoms with Gasteiger partial charge in [0.05, 0.1) is 18.8 Å². The average Bonchev–Trinajstić information content (AvgIpc) is 2.39. The summed E-state index contributed by atoms with van der Waals surface area (Å²) < 4.78 is 5.06. The minimum Gasteiger partial charge on any atom is -0.480 e. The molecule has 0 N–H and O–H groups in total. The third-order valence-corrected chi connectivity index (χ3v) is 3.73. The lowest BCUT2D eigenvalue weighted by Gasteiger charge is -2.40. The van der Waals surface area contributed by atoms with Crippen LogP contribution in [0.25, 0.3) is 0 Å². The molecule has 0 aromatic carbocycles. The zero-order valence-corrected chi connectivity index (χ0v) is 11.8. The molecule has 100 valence electrons. The van der Waals surface area contributed by atoms with Crippen molar-refractivity contribution < 1.29 is 4.74 Å². The highest BCUT2D eigenvalue weighted by atomic mass is 16.5. The van der Waals surface area contributed by atoms with E-state index in [0.717, 1.165) is 18.2 Å². The zero-order valence-electron chi connectivity index (χ0n) is 11.8. The number of hydrogen-bond donors (Lipinski definition) is 0. The van der Waals surface area contributed by atoms with Crippen LogP contribution in [0, 0.1) is 5.92 Å². The molecular formula is C14H23N3O. The molecular weight excluding hydrogens is 226 g/mol. The Bertz CT molecular complexity index is 377. The van der Waals surface area contributed by atoms with Crippen LogP contribution in [-0.4, -0.2) is 34.8 Å². The van der Waals surface area contributed by atoms with Gasteiger partial charge >= 0.3 is 0 Å². The highest BCUT2D eigenvalue weighted by molar-refractivity contribution is 5.15. The summed E-state index contributed by atoms with van der Waals surface area (Å²) in [7, 11) is 1.62. The van der Waals surface area contributed by atoms with Crippen LogP contribution in [0.5, 0.6) is 5.88 Å². The molecule has 0 saturated carbocycles. The van der Waals surface area contributed by atoms with Crippen molar-refractivity contribution in [1.82, 2.24) is 15.1 Å². The molecule has 4 nitrogen and oxygen atoms in total. The second-order valence-electron chi connectivity index (χ2n) is 5.49. The Balaban J connectivity index is 2.18. The summed E-state index contributed by atoms with van der Waals surface area (Å²) in [5.74, 6) is 1.36. The van der Waals surface area contributed by atoms with E-state index in [4.69, 9.17) is 4.74 Å². The smallest absolute Gasteiger partial charge is 0.233 e. The maximum absolute atomic E-state index is 5.06. The molecule has 2 atom stereocenters. The van der Waals surface area contributed by atoms with Crippen LogP contribution >= 0.6 is 0 Å². The fourth-order valence-electron chi connectivity index (χ4n) is 2.69. The van der Waals surface area contributed by atoms with Crippen molar-refractivity contribution in [1.29, 1.82) is 0 Å². The quantitative estimate of drug-likeness (QED) is 0.825. The Kier molecular flexibility index (Phi) is 4.17. The van der Waals surface area contributed by atoms with Crippen molar-refractivity contribution in [3.63, 3.8) is 0 Å². The first-order valence-electron chi connectivity index (χ1n) is 6.75. The van der Waals surface area contributed by atoms with Crippen molar-refractivity contribution in [2.45, 2.75) is 45.7 Å². The highest BCUT2D eigenvalue weighted by Crippen LogP contribution is 2.33. The van der Waals surface area contributed by atoms with Gasteiger partial charge in [-0.15, -0.1) is 5.10 Å². The van der Waals surface area contributed by atoms with Crippen molar-refractivity contribution in [2.24, 2.45) is 5.92 Å². The molecule has 0 bridgehead atoms. The third-order valence-electron chi connectivity index (χ3n) is 3.73. The maximum Gasteiger partial charge on any atom is 0.233 e. The number of piperidine rings is 1. The van der Waals surface area contributed by atoms with E-state index in [9.17, 15) is 0 Å². The molecule has 0 radical (unpaired) electrons. The number of ether oxygens (including phenoxy) is 1. The molecule has 0 amide bonds. The SMILES string of the molecule is COc1ccc([C@@H]2CC[C@H](C)CN2C(C)C)nn1. The van der Waals surface area contributed by atoms with Gasteiger partial charge in [0.2, 0.25) is 5.88 Å². The van der Waals surface area contributed by atoms with Gasteiger partial charge in [0.15, 0.2) is 0 Å². The molecule has 4 heteroatoms. The summed E-state index contributed by atoms with van der Waals surface area (Å²) in [5.41, 5.74) is 1.07. The van der Waals surface area contributed by atoms with Gasteiger partial charge in [-0.1, -0.05) is 6.92 Å². The van der Waals surface area contributed by atoms with Crippen LogP contribution < -0.4 is 4.74 Å². The maximum atomic E-state index is 5.06. The fourth-order valence-corrected chi connectivity index (χ4v) is 2.69. The highest BCUT2D eigenvalue weighted by Gasteiger charge is 2.30. The summed E-state index contributed by atoms with van der Waals surface area (Å²) >= 11 is 0. The Hall–Kier alpha value is -1.16. The monoisotopic (exact) mass is 249 g/mol. The summed E-state index contributed by atoms with van der Waals surface area (Å²) in [6, 6.07) is 4.89. The van der Waals surface area contributed by atoms with E-state index in [1.54, 1.807) is 7.11 Å². The molecule has 0 unspecified atom stereocenters. The largest absolute Gasteiger partial charge is 0.480 e. The van der Waals surface area contributed by atoms with E-state index < -0.39 is 0 Å². The Morgan fingerprint density at radius 1 is 1.28 bits per heavy atom. The first kappa shape index (κ1) is 13.3. The van der Waals surface area contributed by atoms with Gasteiger partial charge < -0.3 is 4.74 Å². The van der Waals surface area contributed by atoms with E-state index in [-0.39, 0.29) is 0 Å². The Morgan fingerprint density at radius 3 is 2.61 bits per heavy atom. The van der Waals surface area contributed by atoms with Crippen LogP contribution in [-0.2, 0) is 0 Å². The number of aromatic nitrogens is 2. The van der Waals surface area contributed by atoms with E-state index in [0.29, 0.717) is 18.0 Å². The second-order valence-corrected chi connectivity index (χ2v) is 5.49. The Morgan fingerprint density at radius 2 is 2.06 bits per heavy atom. The van der Waals surface area contributed by atoms with Gasteiger partial charge in [-0.05, 0) is 38.7 Å². The van der Waals surface area contributed by atoms with E-state index in [1.165, 1.54) is 12.8 Å². The van der Waals surface area contributed by atoms with E-state index >= 15 is 0 Å². The molecule has 1 aromatic heterocycles. The normalized spacial score (nSPS) is 25.4. The number of methoxy groups -OCH3 is 1. The van der Waals surface area contributed by atoms with Gasteiger partial charge in [-0.3, -0.25) is 4.90 Å². The average molecular weight is 249 g/mol. The van der Waals surface area contributed by atoms with Crippen molar-refractivity contribution >= 4 is 0 Å². The number of likely N-dealkylation sites (tertiary alicyclic amines) is 1. The summed E-state index contributed by atoms with van der Waals surface area (Å²) in [6.07, 6.45) is 2.43.